The first-order chi connectivity index (χ1) is 9.95. The van der Waals surface area contributed by atoms with E-state index in [1.54, 1.807) is 12.1 Å². The van der Waals surface area contributed by atoms with Crippen LogP contribution in [0.2, 0.25) is 0 Å². The molecule has 6 heteroatoms. The van der Waals surface area contributed by atoms with Crippen molar-refractivity contribution in [2.45, 2.75) is 24.3 Å². The predicted molar refractivity (Wildman–Crippen MR) is 91.3 cm³/mol. The Morgan fingerprint density at radius 2 is 1.82 bits per heavy atom. The van der Waals surface area contributed by atoms with Gasteiger partial charge in [0.2, 0.25) is 0 Å². The van der Waals surface area contributed by atoms with Gasteiger partial charge in [-0.2, -0.15) is 0 Å². The minimum Gasteiger partial charge on any atom is -0.316 e. The molecule has 2 fully saturated rings. The largest absolute Gasteiger partial charge is 0.316 e. The fraction of sp³-hybridized carbons (Fsp3) is 0.625. The first kappa shape index (κ1) is 17.7. The third-order valence-electron chi connectivity index (χ3n) is 5.07. The second kappa shape index (κ2) is 6.87. The van der Waals surface area contributed by atoms with Crippen LogP contribution in [0.1, 0.15) is 24.9 Å². The zero-order valence-corrected chi connectivity index (χ0v) is 14.8. The number of fused-ring (bicyclic) bond motifs is 1. The molecule has 22 heavy (non-hydrogen) atoms. The Hall–Kier alpha value is -0.620. The van der Waals surface area contributed by atoms with E-state index >= 15 is 0 Å². The van der Waals surface area contributed by atoms with Crippen molar-refractivity contribution in [3.8, 4) is 0 Å². The Labute approximate surface area is 139 Å². The van der Waals surface area contributed by atoms with E-state index in [4.69, 9.17) is 0 Å². The van der Waals surface area contributed by atoms with Gasteiger partial charge in [0.25, 0.3) is 0 Å². The molecule has 3 rings (SSSR count). The summed E-state index contributed by atoms with van der Waals surface area (Å²) in [5, 5.41) is 3.49. The molecular formula is C16H25ClN2O2S. The standard InChI is InChI=1S/C16H24N2O2S.ClH/c1-12(13-3-5-16(6-4-13)21(2,19)20)18-8-7-14-9-17-10-15(14)11-18;/h3-6,12,14-15,17H,7-11H2,1-2H3;1H. The summed E-state index contributed by atoms with van der Waals surface area (Å²) >= 11 is 0. The molecule has 0 aliphatic carbocycles. The Kier molecular flexibility index (Phi) is 5.54. The molecule has 1 aromatic rings. The number of sulfone groups is 1. The lowest BCUT2D eigenvalue weighted by atomic mass is 9.87. The van der Waals surface area contributed by atoms with E-state index in [1.807, 2.05) is 12.1 Å². The highest BCUT2D eigenvalue weighted by Crippen LogP contribution is 2.32. The Morgan fingerprint density at radius 1 is 1.18 bits per heavy atom. The molecule has 2 aliphatic heterocycles. The van der Waals surface area contributed by atoms with E-state index in [1.165, 1.54) is 24.8 Å². The number of rotatable bonds is 3. The molecule has 124 valence electrons. The summed E-state index contributed by atoms with van der Waals surface area (Å²) in [5.74, 6) is 1.62. The summed E-state index contributed by atoms with van der Waals surface area (Å²) in [6.45, 7) is 6.82. The third-order valence-corrected chi connectivity index (χ3v) is 6.20. The summed E-state index contributed by atoms with van der Waals surface area (Å²) in [4.78, 5) is 2.93. The Bertz CT molecular complexity index is 603. The zero-order valence-electron chi connectivity index (χ0n) is 13.2. The van der Waals surface area contributed by atoms with Crippen molar-refractivity contribution in [3.05, 3.63) is 29.8 Å². The van der Waals surface area contributed by atoms with Gasteiger partial charge in [-0.15, -0.1) is 12.4 Å². The van der Waals surface area contributed by atoms with Crippen LogP contribution in [-0.2, 0) is 9.84 Å². The molecule has 0 saturated carbocycles. The van der Waals surface area contributed by atoms with Crippen molar-refractivity contribution >= 4 is 22.2 Å². The van der Waals surface area contributed by atoms with E-state index in [0.29, 0.717) is 10.9 Å². The quantitative estimate of drug-likeness (QED) is 0.912. The van der Waals surface area contributed by atoms with Crippen molar-refractivity contribution in [2.24, 2.45) is 11.8 Å². The van der Waals surface area contributed by atoms with Gasteiger partial charge in [-0.1, -0.05) is 12.1 Å². The van der Waals surface area contributed by atoms with Crippen molar-refractivity contribution in [1.82, 2.24) is 10.2 Å². The normalized spacial score (nSPS) is 27.0. The van der Waals surface area contributed by atoms with E-state index in [0.717, 1.165) is 31.5 Å². The number of benzene rings is 1. The lowest BCUT2D eigenvalue weighted by molar-refractivity contribution is 0.111. The van der Waals surface area contributed by atoms with Crippen LogP contribution in [0.5, 0.6) is 0 Å². The first-order valence-electron chi connectivity index (χ1n) is 7.70. The van der Waals surface area contributed by atoms with Crippen LogP contribution in [-0.4, -0.2) is 45.8 Å². The maximum atomic E-state index is 11.5. The average Bonchev–Trinajstić information content (AvgIpc) is 2.93. The molecule has 0 spiro atoms. The Balaban J connectivity index is 0.00000176. The van der Waals surface area contributed by atoms with Crippen molar-refractivity contribution in [2.75, 3.05) is 32.4 Å². The first-order valence-corrected chi connectivity index (χ1v) is 9.59. The fourth-order valence-corrected chi connectivity index (χ4v) is 4.25. The lowest BCUT2D eigenvalue weighted by Gasteiger charge is -2.38. The van der Waals surface area contributed by atoms with Crippen LogP contribution in [0, 0.1) is 11.8 Å². The summed E-state index contributed by atoms with van der Waals surface area (Å²) < 4.78 is 23.0. The molecule has 2 saturated heterocycles. The number of likely N-dealkylation sites (tertiary alicyclic amines) is 1. The van der Waals surface area contributed by atoms with Gasteiger partial charge < -0.3 is 5.32 Å². The van der Waals surface area contributed by atoms with Gasteiger partial charge in [-0.3, -0.25) is 4.90 Å². The molecule has 0 amide bonds. The smallest absolute Gasteiger partial charge is 0.175 e. The van der Waals surface area contributed by atoms with Crippen LogP contribution in [0.4, 0.5) is 0 Å². The summed E-state index contributed by atoms with van der Waals surface area (Å²) in [6, 6.07) is 7.72. The van der Waals surface area contributed by atoms with Gasteiger partial charge >= 0.3 is 0 Å². The molecule has 1 N–H and O–H groups in total. The van der Waals surface area contributed by atoms with E-state index < -0.39 is 9.84 Å². The SMILES string of the molecule is CC(c1ccc(S(C)(=O)=O)cc1)N1CCC2CNCC2C1.Cl. The second-order valence-electron chi connectivity index (χ2n) is 6.48. The minimum atomic E-state index is -3.10. The molecule has 0 aromatic heterocycles. The molecule has 2 aliphatic rings. The van der Waals surface area contributed by atoms with Crippen LogP contribution in [0.3, 0.4) is 0 Å². The summed E-state index contributed by atoms with van der Waals surface area (Å²) in [6.07, 6.45) is 2.52. The van der Waals surface area contributed by atoms with E-state index in [9.17, 15) is 8.42 Å². The van der Waals surface area contributed by atoms with Crippen molar-refractivity contribution in [3.63, 3.8) is 0 Å². The zero-order chi connectivity index (χ0) is 15.0. The number of hydrogen-bond donors (Lipinski definition) is 1. The van der Waals surface area contributed by atoms with Gasteiger partial charge in [0.1, 0.15) is 0 Å². The highest BCUT2D eigenvalue weighted by Gasteiger charge is 2.34. The highest BCUT2D eigenvalue weighted by atomic mass is 35.5. The molecule has 1 aromatic carbocycles. The van der Waals surface area contributed by atoms with Crippen LogP contribution in [0.15, 0.2) is 29.2 Å². The van der Waals surface area contributed by atoms with Crippen LogP contribution in [0.25, 0.3) is 0 Å². The van der Waals surface area contributed by atoms with Crippen LogP contribution < -0.4 is 5.32 Å². The highest BCUT2D eigenvalue weighted by molar-refractivity contribution is 7.90. The van der Waals surface area contributed by atoms with Gasteiger partial charge in [0, 0.05) is 18.8 Å². The van der Waals surface area contributed by atoms with Gasteiger partial charge in [-0.05, 0) is 62.5 Å². The Morgan fingerprint density at radius 3 is 2.45 bits per heavy atom. The summed E-state index contributed by atoms with van der Waals surface area (Å²) in [7, 11) is -3.10. The van der Waals surface area contributed by atoms with E-state index in [2.05, 4.69) is 17.1 Å². The number of halogens is 1. The fourth-order valence-electron chi connectivity index (χ4n) is 3.62. The molecule has 3 atom stereocenters. The number of piperidine rings is 1. The monoisotopic (exact) mass is 344 g/mol. The maximum Gasteiger partial charge on any atom is 0.175 e. The number of nitrogens with zero attached hydrogens (tertiary/aromatic N) is 1. The predicted octanol–water partition coefficient (Wildman–Crippen LogP) is 2.11. The second-order valence-corrected chi connectivity index (χ2v) is 8.49. The number of hydrogen-bond acceptors (Lipinski definition) is 4. The van der Waals surface area contributed by atoms with Crippen molar-refractivity contribution in [1.29, 1.82) is 0 Å². The minimum absolute atomic E-state index is 0. The van der Waals surface area contributed by atoms with E-state index in [-0.39, 0.29) is 12.4 Å². The average molecular weight is 345 g/mol. The lowest BCUT2D eigenvalue weighted by Crippen LogP contribution is -2.41. The summed E-state index contributed by atoms with van der Waals surface area (Å²) in [5.41, 5.74) is 1.20. The number of nitrogens with one attached hydrogen (secondary N) is 1. The van der Waals surface area contributed by atoms with Crippen molar-refractivity contribution < 1.29 is 8.42 Å². The van der Waals surface area contributed by atoms with Crippen LogP contribution >= 0.6 is 12.4 Å². The van der Waals surface area contributed by atoms with Gasteiger partial charge in [0.15, 0.2) is 9.84 Å². The maximum absolute atomic E-state index is 11.5. The molecule has 0 radical (unpaired) electrons. The molecule has 3 unspecified atom stereocenters. The topological polar surface area (TPSA) is 49.4 Å². The molecule has 4 nitrogen and oxygen atoms in total. The van der Waals surface area contributed by atoms with Gasteiger partial charge in [-0.25, -0.2) is 8.42 Å². The third kappa shape index (κ3) is 3.65. The molecular weight excluding hydrogens is 320 g/mol. The molecule has 0 bridgehead atoms. The molecule has 2 heterocycles. The van der Waals surface area contributed by atoms with Gasteiger partial charge in [0.05, 0.1) is 4.90 Å².